The third kappa shape index (κ3) is 5.31. The van der Waals surface area contributed by atoms with E-state index in [1.807, 2.05) is 11.6 Å². The molecular weight excluding hydrogens is 421 g/mol. The van der Waals surface area contributed by atoms with Gasteiger partial charge in [0.1, 0.15) is 5.52 Å². The third-order valence-corrected chi connectivity index (χ3v) is 5.77. The number of amides is 1. The van der Waals surface area contributed by atoms with Crippen LogP contribution in [0.15, 0.2) is 30.5 Å². The summed E-state index contributed by atoms with van der Waals surface area (Å²) in [4.78, 5) is 21.7. The van der Waals surface area contributed by atoms with E-state index in [4.69, 9.17) is 23.2 Å². The lowest BCUT2D eigenvalue weighted by Gasteiger charge is -2.09. The molecular formula is C22H28Cl2N5O+. The Morgan fingerprint density at radius 1 is 1.23 bits per heavy atom. The Labute approximate surface area is 187 Å². The van der Waals surface area contributed by atoms with Crippen molar-refractivity contribution in [1.29, 1.82) is 0 Å². The van der Waals surface area contributed by atoms with Crippen molar-refractivity contribution in [2.24, 2.45) is 7.05 Å². The number of unbranched alkanes of at least 4 members (excludes halogenated alkanes) is 3. The molecule has 6 nitrogen and oxygen atoms in total. The van der Waals surface area contributed by atoms with Crippen molar-refractivity contribution in [3.05, 3.63) is 46.1 Å². The number of halogens is 2. The lowest BCUT2D eigenvalue weighted by Crippen LogP contribution is -2.92. The quantitative estimate of drug-likeness (QED) is 0.447. The van der Waals surface area contributed by atoms with E-state index in [2.05, 4.69) is 29.1 Å². The number of primary amides is 1. The molecule has 0 saturated carbocycles. The van der Waals surface area contributed by atoms with E-state index in [-0.39, 0.29) is 11.9 Å². The van der Waals surface area contributed by atoms with Gasteiger partial charge >= 0.3 is 5.91 Å². The number of aryl methyl sites for hydroxylation is 1. The molecule has 2 aromatic heterocycles. The molecule has 3 rings (SSSR count). The van der Waals surface area contributed by atoms with Crippen molar-refractivity contribution >= 4 is 51.9 Å². The second kappa shape index (κ2) is 10.2. The number of quaternary nitrogens is 1. The van der Waals surface area contributed by atoms with Crippen LogP contribution in [0.2, 0.25) is 10.0 Å². The molecule has 2 heterocycles. The highest BCUT2D eigenvalue weighted by molar-refractivity contribution is 6.39. The van der Waals surface area contributed by atoms with E-state index in [1.165, 1.54) is 19.3 Å². The number of aromatic nitrogens is 3. The van der Waals surface area contributed by atoms with Crippen molar-refractivity contribution in [2.45, 2.75) is 52.0 Å². The number of nitrogens with one attached hydrogen (secondary N) is 1. The van der Waals surface area contributed by atoms with Gasteiger partial charge in [0.15, 0.2) is 5.65 Å². The zero-order chi connectivity index (χ0) is 21.7. The first kappa shape index (κ1) is 22.5. The Balaban J connectivity index is 1.74. The van der Waals surface area contributed by atoms with E-state index in [0.717, 1.165) is 12.8 Å². The summed E-state index contributed by atoms with van der Waals surface area (Å²) < 4.78 is 1.81. The molecule has 1 atom stereocenters. The van der Waals surface area contributed by atoms with E-state index < -0.39 is 0 Å². The summed E-state index contributed by atoms with van der Waals surface area (Å²) in [7, 11) is 1.85. The highest BCUT2D eigenvalue weighted by Crippen LogP contribution is 2.32. The Kier molecular flexibility index (Phi) is 7.69. The molecule has 0 aliphatic carbocycles. The number of hydrogen-bond acceptors (Lipinski definition) is 4. The molecule has 1 unspecified atom stereocenters. The largest absolute Gasteiger partial charge is 0.344 e. The standard InChI is InChI=1S/C22H27Cl2N5O/c1-4-5-6-7-9-14(2)26-21(30)15-12-18-20(25-13-15)29(3)22(27-18)28-19-16(23)10-8-11-17(19)24/h8,10-14H,4-7,9H2,1-3H3,(H,26,30)(H,27,28)/p+1. The van der Waals surface area contributed by atoms with Gasteiger partial charge in [-0.05, 0) is 38.0 Å². The van der Waals surface area contributed by atoms with Gasteiger partial charge in [0, 0.05) is 13.2 Å². The monoisotopic (exact) mass is 448 g/mol. The number of carbonyl (C=O) groups excluding carboxylic acids is 1. The number of carbonyl (C=O) groups is 1. The summed E-state index contributed by atoms with van der Waals surface area (Å²) in [6.07, 6.45) is 7.46. The maximum atomic E-state index is 12.7. The highest BCUT2D eigenvalue weighted by atomic mass is 35.5. The molecule has 0 radical (unpaired) electrons. The molecule has 0 bridgehead atoms. The Morgan fingerprint density at radius 3 is 2.67 bits per heavy atom. The van der Waals surface area contributed by atoms with Crippen LogP contribution in [-0.4, -0.2) is 26.5 Å². The van der Waals surface area contributed by atoms with Gasteiger partial charge in [-0.3, -0.25) is 9.88 Å². The van der Waals surface area contributed by atoms with Crippen molar-refractivity contribution in [2.75, 3.05) is 5.32 Å². The first-order valence-electron chi connectivity index (χ1n) is 10.3. The van der Waals surface area contributed by atoms with Crippen molar-refractivity contribution in [3.8, 4) is 0 Å². The molecule has 0 aliphatic rings. The fraction of sp³-hybridized carbons (Fsp3) is 0.409. The van der Waals surface area contributed by atoms with Gasteiger partial charge in [0.25, 0.3) is 0 Å². The second-order valence-corrected chi connectivity index (χ2v) is 8.45. The van der Waals surface area contributed by atoms with E-state index in [9.17, 15) is 4.79 Å². The summed E-state index contributed by atoms with van der Waals surface area (Å²) in [5.74, 6) is 0.534. The minimum atomic E-state index is -0.0123. The summed E-state index contributed by atoms with van der Waals surface area (Å²) in [5.41, 5.74) is 2.44. The number of imidazole rings is 1. The van der Waals surface area contributed by atoms with Crippen LogP contribution in [0.3, 0.4) is 0 Å². The second-order valence-electron chi connectivity index (χ2n) is 7.64. The summed E-state index contributed by atoms with van der Waals surface area (Å²) >= 11 is 12.5. The van der Waals surface area contributed by atoms with Crippen LogP contribution < -0.4 is 10.6 Å². The van der Waals surface area contributed by atoms with Gasteiger partial charge < -0.3 is 5.32 Å². The molecule has 1 amide bonds. The van der Waals surface area contributed by atoms with Gasteiger partial charge in [0.2, 0.25) is 5.95 Å². The average molecular weight is 449 g/mol. The summed E-state index contributed by atoms with van der Waals surface area (Å²) in [6.45, 7) is 4.29. The van der Waals surface area contributed by atoms with E-state index in [1.54, 1.807) is 35.8 Å². The number of fused-ring (bicyclic) bond motifs is 1. The predicted octanol–water partition coefficient (Wildman–Crippen LogP) is 5.08. The maximum Gasteiger partial charge on any atom is 0.344 e. The van der Waals surface area contributed by atoms with Gasteiger partial charge in [-0.2, -0.15) is 0 Å². The minimum Gasteiger partial charge on any atom is -0.323 e. The third-order valence-electron chi connectivity index (χ3n) is 5.14. The molecule has 160 valence electrons. The molecule has 0 saturated heterocycles. The zero-order valence-corrected chi connectivity index (χ0v) is 19.1. The minimum absolute atomic E-state index is 0.0123. The van der Waals surface area contributed by atoms with Crippen LogP contribution >= 0.6 is 23.2 Å². The molecule has 0 spiro atoms. The van der Waals surface area contributed by atoms with E-state index in [0.29, 0.717) is 38.4 Å². The lowest BCUT2D eigenvalue weighted by molar-refractivity contribution is -0.591. The number of nitrogens with two attached hydrogens (primary N) is 1. The summed E-state index contributed by atoms with van der Waals surface area (Å²) in [6, 6.07) is 7.32. The van der Waals surface area contributed by atoms with Crippen LogP contribution in [0.4, 0.5) is 11.6 Å². The Morgan fingerprint density at radius 2 is 1.97 bits per heavy atom. The molecule has 3 aromatic rings. The molecule has 8 heteroatoms. The number of anilines is 2. The Bertz CT molecular complexity index is 1010. The molecule has 0 aliphatic heterocycles. The number of nitrogens with zero attached hydrogens (tertiary/aromatic N) is 3. The first-order valence-corrected chi connectivity index (χ1v) is 11.1. The number of rotatable bonds is 9. The zero-order valence-electron chi connectivity index (χ0n) is 17.6. The van der Waals surface area contributed by atoms with Crippen LogP contribution in [0.25, 0.3) is 11.2 Å². The van der Waals surface area contributed by atoms with Crippen molar-refractivity contribution < 1.29 is 10.1 Å². The normalized spacial score (nSPS) is 12.3. The topological polar surface area (TPSA) is 76.4 Å². The van der Waals surface area contributed by atoms with Crippen molar-refractivity contribution in [3.63, 3.8) is 0 Å². The number of hydrogen-bond donors (Lipinski definition) is 2. The summed E-state index contributed by atoms with van der Waals surface area (Å²) in [5, 5.41) is 5.96. The number of benzene rings is 1. The molecule has 0 fully saturated rings. The van der Waals surface area contributed by atoms with Gasteiger partial charge in [0.05, 0.1) is 27.3 Å². The van der Waals surface area contributed by atoms with Gasteiger partial charge in [-0.1, -0.05) is 55.5 Å². The SMILES string of the molecule is CCCCCCC(C)[NH2+]C(=O)c1cnc2c(c1)nc(Nc1c(Cl)cccc1Cl)n2C. The van der Waals surface area contributed by atoms with Crippen LogP contribution in [0.5, 0.6) is 0 Å². The highest BCUT2D eigenvalue weighted by Gasteiger charge is 2.18. The number of pyridine rings is 1. The predicted molar refractivity (Wildman–Crippen MR) is 123 cm³/mol. The molecule has 3 N–H and O–H groups in total. The fourth-order valence-corrected chi connectivity index (χ4v) is 3.87. The fourth-order valence-electron chi connectivity index (χ4n) is 3.38. The smallest absolute Gasteiger partial charge is 0.323 e. The average Bonchev–Trinajstić information content (AvgIpc) is 3.03. The Hall–Kier alpha value is -2.15. The van der Waals surface area contributed by atoms with Gasteiger partial charge in [-0.15, -0.1) is 0 Å². The van der Waals surface area contributed by atoms with Crippen LogP contribution in [0.1, 0.15) is 56.3 Å². The molecule has 30 heavy (non-hydrogen) atoms. The van der Waals surface area contributed by atoms with Crippen LogP contribution in [-0.2, 0) is 7.05 Å². The van der Waals surface area contributed by atoms with Crippen molar-refractivity contribution in [1.82, 2.24) is 14.5 Å². The van der Waals surface area contributed by atoms with E-state index >= 15 is 0 Å². The maximum absolute atomic E-state index is 12.7. The van der Waals surface area contributed by atoms with Gasteiger partial charge in [-0.25, -0.2) is 14.8 Å². The lowest BCUT2D eigenvalue weighted by atomic mass is 10.1. The first-order chi connectivity index (χ1) is 14.4. The van der Waals surface area contributed by atoms with Crippen LogP contribution in [0, 0.1) is 0 Å². The molecule has 1 aromatic carbocycles. The number of para-hydroxylation sites is 1.